The standard InChI is InChI=1S/C27H27ClN2O5S/c1-27(2,3)35-26(33)29-20-23(31)30-21(19(14-15-28)16-36-24(20)30)25(32)34-22(17-10-6-4-7-11-17)18-12-8-5-9-13-18/h4-15,20,22,24H,16H2,1-3H3,(H,29,33)/b15-14+/t20?,24-/m1/s1. The summed E-state index contributed by atoms with van der Waals surface area (Å²) in [6, 6.07) is 18.0. The fourth-order valence-electron chi connectivity index (χ4n) is 4.02. The summed E-state index contributed by atoms with van der Waals surface area (Å²) < 4.78 is 11.3. The van der Waals surface area contributed by atoms with Crippen molar-refractivity contribution in [2.24, 2.45) is 0 Å². The van der Waals surface area contributed by atoms with E-state index in [2.05, 4.69) is 5.32 Å². The molecular weight excluding hydrogens is 500 g/mol. The lowest BCUT2D eigenvalue weighted by Crippen LogP contribution is -2.70. The third-order valence-electron chi connectivity index (χ3n) is 5.56. The molecule has 1 N–H and O–H groups in total. The number of fused-ring (bicyclic) bond motifs is 1. The molecule has 1 unspecified atom stereocenters. The van der Waals surface area contributed by atoms with Crippen LogP contribution in [-0.4, -0.2) is 45.6 Å². The van der Waals surface area contributed by atoms with Crippen LogP contribution in [0.1, 0.15) is 38.0 Å². The molecule has 4 rings (SSSR count). The quantitative estimate of drug-likeness (QED) is 0.414. The fraction of sp³-hybridized carbons (Fsp3) is 0.296. The normalized spacial score (nSPS) is 19.7. The molecule has 2 aliphatic heterocycles. The van der Waals surface area contributed by atoms with Crippen LogP contribution >= 0.6 is 23.4 Å². The summed E-state index contributed by atoms with van der Waals surface area (Å²) in [6.07, 6.45) is 0.228. The molecule has 188 valence electrons. The summed E-state index contributed by atoms with van der Waals surface area (Å²) in [6.45, 7) is 5.23. The van der Waals surface area contributed by atoms with Crippen molar-refractivity contribution in [1.82, 2.24) is 10.2 Å². The first kappa shape index (κ1) is 25.9. The number of halogens is 1. The van der Waals surface area contributed by atoms with E-state index in [0.29, 0.717) is 11.3 Å². The van der Waals surface area contributed by atoms with Crippen LogP contribution in [0.25, 0.3) is 0 Å². The molecule has 2 amide bonds. The molecule has 1 saturated heterocycles. The number of alkyl carbamates (subject to hydrolysis) is 1. The second-order valence-corrected chi connectivity index (χ2v) is 10.7. The number of nitrogens with zero attached hydrogens (tertiary/aromatic N) is 1. The average molecular weight is 527 g/mol. The smallest absolute Gasteiger partial charge is 0.408 e. The summed E-state index contributed by atoms with van der Waals surface area (Å²) in [4.78, 5) is 40.4. The van der Waals surface area contributed by atoms with Gasteiger partial charge in [0, 0.05) is 11.3 Å². The molecule has 2 aromatic rings. The number of β-lactam (4-membered cyclic amide) rings is 1. The van der Waals surface area contributed by atoms with E-state index in [4.69, 9.17) is 21.1 Å². The zero-order valence-electron chi connectivity index (χ0n) is 20.1. The van der Waals surface area contributed by atoms with Crippen molar-refractivity contribution in [3.8, 4) is 0 Å². The van der Waals surface area contributed by atoms with Crippen molar-refractivity contribution in [3.63, 3.8) is 0 Å². The van der Waals surface area contributed by atoms with E-state index in [1.165, 1.54) is 22.2 Å². The van der Waals surface area contributed by atoms with Crippen LogP contribution in [-0.2, 0) is 19.1 Å². The second kappa shape index (κ2) is 10.8. The predicted molar refractivity (Wildman–Crippen MR) is 139 cm³/mol. The lowest BCUT2D eigenvalue weighted by Gasteiger charge is -2.49. The van der Waals surface area contributed by atoms with Crippen LogP contribution < -0.4 is 5.32 Å². The maximum Gasteiger partial charge on any atom is 0.408 e. The largest absolute Gasteiger partial charge is 0.448 e. The summed E-state index contributed by atoms with van der Waals surface area (Å²) in [5, 5.41) is 2.16. The topological polar surface area (TPSA) is 84.9 Å². The Kier molecular flexibility index (Phi) is 7.76. The number of carbonyl (C=O) groups is 3. The molecule has 2 aromatic carbocycles. The second-order valence-electron chi connectivity index (χ2n) is 9.31. The Morgan fingerprint density at radius 3 is 2.19 bits per heavy atom. The van der Waals surface area contributed by atoms with Gasteiger partial charge >= 0.3 is 12.1 Å². The number of ether oxygens (including phenoxy) is 2. The number of benzene rings is 2. The summed E-state index contributed by atoms with van der Waals surface area (Å²) >= 11 is 7.27. The number of esters is 1. The highest BCUT2D eigenvalue weighted by molar-refractivity contribution is 8.00. The van der Waals surface area contributed by atoms with Gasteiger partial charge in [0.15, 0.2) is 6.10 Å². The van der Waals surface area contributed by atoms with Gasteiger partial charge in [-0.2, -0.15) is 0 Å². The lowest BCUT2D eigenvalue weighted by molar-refractivity contribution is -0.153. The predicted octanol–water partition coefficient (Wildman–Crippen LogP) is 5.13. The monoisotopic (exact) mass is 526 g/mol. The molecular formula is C27H27ClN2O5S. The first-order valence-corrected chi connectivity index (χ1v) is 12.9. The Morgan fingerprint density at radius 2 is 1.67 bits per heavy atom. The molecule has 0 aromatic heterocycles. The van der Waals surface area contributed by atoms with Crippen LogP contribution in [0.15, 0.2) is 83.5 Å². The number of carbonyl (C=O) groups excluding carboxylic acids is 3. The lowest BCUT2D eigenvalue weighted by atomic mass is 10.0. The van der Waals surface area contributed by atoms with Gasteiger partial charge in [-0.15, -0.1) is 11.8 Å². The Bertz CT molecular complexity index is 1150. The minimum Gasteiger partial charge on any atom is -0.448 e. The van der Waals surface area contributed by atoms with Crippen LogP contribution in [0.2, 0.25) is 0 Å². The third-order valence-corrected chi connectivity index (χ3v) is 6.99. The Hall–Kier alpha value is -3.23. The van der Waals surface area contributed by atoms with Crippen molar-refractivity contribution in [2.75, 3.05) is 5.75 Å². The van der Waals surface area contributed by atoms with Crippen LogP contribution in [0.5, 0.6) is 0 Å². The molecule has 2 heterocycles. The highest BCUT2D eigenvalue weighted by Crippen LogP contribution is 2.42. The SMILES string of the molecule is CC(C)(C)OC(=O)NC1C(=O)N2C(C(=O)OC(c3ccccc3)c3ccccc3)=C(/C=C/Cl)CS[C@H]12. The van der Waals surface area contributed by atoms with E-state index in [-0.39, 0.29) is 5.70 Å². The molecule has 0 bridgehead atoms. The maximum atomic E-state index is 13.6. The summed E-state index contributed by atoms with van der Waals surface area (Å²) in [5.41, 5.74) is 2.89. The third kappa shape index (κ3) is 5.60. The van der Waals surface area contributed by atoms with Gasteiger partial charge in [0.25, 0.3) is 5.91 Å². The van der Waals surface area contributed by atoms with Gasteiger partial charge in [0.1, 0.15) is 22.7 Å². The molecule has 0 radical (unpaired) electrons. The van der Waals surface area contributed by atoms with Gasteiger partial charge in [-0.25, -0.2) is 9.59 Å². The van der Waals surface area contributed by atoms with Crippen molar-refractivity contribution in [1.29, 1.82) is 0 Å². The van der Waals surface area contributed by atoms with E-state index in [1.54, 1.807) is 26.8 Å². The molecule has 0 aliphatic carbocycles. The number of amides is 2. The highest BCUT2D eigenvalue weighted by Gasteiger charge is 2.54. The molecule has 1 fully saturated rings. The van der Waals surface area contributed by atoms with Gasteiger partial charge < -0.3 is 14.8 Å². The van der Waals surface area contributed by atoms with Crippen LogP contribution in [0, 0.1) is 0 Å². The Labute approximate surface area is 219 Å². The molecule has 2 aliphatic rings. The molecule has 2 atom stereocenters. The highest BCUT2D eigenvalue weighted by atomic mass is 35.5. The first-order valence-electron chi connectivity index (χ1n) is 11.4. The van der Waals surface area contributed by atoms with Crippen molar-refractivity contribution in [3.05, 3.63) is 94.7 Å². The van der Waals surface area contributed by atoms with Gasteiger partial charge in [-0.1, -0.05) is 72.3 Å². The minimum atomic E-state index is -0.812. The average Bonchev–Trinajstić information content (AvgIpc) is 2.85. The molecule has 36 heavy (non-hydrogen) atoms. The minimum absolute atomic E-state index is 0.125. The number of nitrogens with one attached hydrogen (secondary N) is 1. The van der Waals surface area contributed by atoms with Crippen LogP contribution in [0.4, 0.5) is 4.79 Å². The number of rotatable bonds is 6. The fourth-order valence-corrected chi connectivity index (χ4v) is 5.49. The van der Waals surface area contributed by atoms with Crippen molar-refractivity contribution in [2.45, 2.75) is 43.9 Å². The number of thioether (sulfide) groups is 1. The Morgan fingerprint density at radius 1 is 1.08 bits per heavy atom. The zero-order chi connectivity index (χ0) is 25.9. The van der Waals surface area contributed by atoms with Crippen molar-refractivity contribution >= 4 is 41.3 Å². The molecule has 7 nitrogen and oxygen atoms in total. The molecule has 9 heteroatoms. The summed E-state index contributed by atoms with van der Waals surface area (Å²) in [5.74, 6) is -0.649. The van der Waals surface area contributed by atoms with Crippen LogP contribution in [0.3, 0.4) is 0 Å². The van der Waals surface area contributed by atoms with E-state index < -0.39 is 41.1 Å². The van der Waals surface area contributed by atoms with Gasteiger partial charge in [0.2, 0.25) is 0 Å². The Balaban J connectivity index is 1.60. The van der Waals surface area contributed by atoms with Gasteiger partial charge in [0.05, 0.1) is 0 Å². The van der Waals surface area contributed by atoms with Crippen molar-refractivity contribution < 1.29 is 23.9 Å². The number of hydrogen-bond donors (Lipinski definition) is 1. The zero-order valence-corrected chi connectivity index (χ0v) is 21.7. The number of hydrogen-bond acceptors (Lipinski definition) is 6. The van der Waals surface area contributed by atoms with Gasteiger partial charge in [-0.05, 0) is 43.5 Å². The van der Waals surface area contributed by atoms with E-state index in [9.17, 15) is 14.4 Å². The van der Waals surface area contributed by atoms with E-state index >= 15 is 0 Å². The summed E-state index contributed by atoms with van der Waals surface area (Å²) in [7, 11) is 0. The molecule has 0 saturated carbocycles. The molecule has 0 spiro atoms. The number of allylic oxidation sites excluding steroid dienone is 1. The van der Waals surface area contributed by atoms with E-state index in [1.807, 2.05) is 60.7 Å². The first-order chi connectivity index (χ1) is 17.2. The van der Waals surface area contributed by atoms with E-state index in [0.717, 1.165) is 11.1 Å². The maximum absolute atomic E-state index is 13.6. The van der Waals surface area contributed by atoms with Gasteiger partial charge in [-0.3, -0.25) is 9.69 Å².